The van der Waals surface area contributed by atoms with Crippen molar-refractivity contribution in [2.75, 3.05) is 6.61 Å². The van der Waals surface area contributed by atoms with E-state index in [0.717, 1.165) is 12.1 Å². The molecule has 0 saturated carbocycles. The summed E-state index contributed by atoms with van der Waals surface area (Å²) < 4.78 is 45.4. The summed E-state index contributed by atoms with van der Waals surface area (Å²) in [4.78, 5) is 58.5. The molecule has 3 N–H and O–H groups in total. The van der Waals surface area contributed by atoms with Gasteiger partial charge < -0.3 is 19.7 Å². The zero-order valence-corrected chi connectivity index (χ0v) is 19.6. The topological polar surface area (TPSA) is 130 Å². The van der Waals surface area contributed by atoms with Gasteiger partial charge in [0.25, 0.3) is 5.56 Å². The number of imidazole rings is 1. The fourth-order valence-corrected chi connectivity index (χ4v) is 4.15. The number of H-pyrrole nitrogens is 3. The van der Waals surface area contributed by atoms with Crippen LogP contribution in [0.2, 0.25) is 5.02 Å². The highest BCUT2D eigenvalue weighted by atomic mass is 35.5. The zero-order chi connectivity index (χ0) is 26.4. The highest BCUT2D eigenvalue weighted by Crippen LogP contribution is 2.36. The van der Waals surface area contributed by atoms with E-state index in [1.165, 1.54) is 19.1 Å². The molecule has 0 aliphatic carbocycles. The van der Waals surface area contributed by atoms with Gasteiger partial charge in [0.1, 0.15) is 5.56 Å². The molecule has 4 aromatic rings. The van der Waals surface area contributed by atoms with Gasteiger partial charge in [-0.05, 0) is 43.2 Å². The molecule has 0 aliphatic rings. The van der Waals surface area contributed by atoms with Crippen molar-refractivity contribution < 1.29 is 22.7 Å². The summed E-state index contributed by atoms with van der Waals surface area (Å²) in [5.41, 5.74) is -2.91. The molecule has 2 aromatic heterocycles. The third kappa shape index (κ3) is 4.47. The van der Waals surface area contributed by atoms with Crippen LogP contribution in [0.3, 0.4) is 0 Å². The standard InChI is InChI=1S/C23H18ClF3N4O5/c1-3-36-20(33)16-18(12-8-15-14(7-10(12)2)28-21(34)29-15)30-22(35)31(19(16)32)9-11-5-4-6-13(17(11)24)23(25,26)27/h4-8H,3,9H2,1-2H3,(H,30,35)(H2,28,29,34). The number of fused-ring (bicyclic) bond motifs is 1. The van der Waals surface area contributed by atoms with Crippen molar-refractivity contribution in [1.29, 1.82) is 0 Å². The highest BCUT2D eigenvalue weighted by Gasteiger charge is 2.34. The minimum Gasteiger partial charge on any atom is -0.462 e. The number of aromatic amines is 3. The van der Waals surface area contributed by atoms with Crippen LogP contribution < -0.4 is 16.9 Å². The SMILES string of the molecule is CCOC(=O)c1c(-c2cc3[nH]c(=O)[nH]c3cc2C)[nH]c(=O)n(Cc2cccc(C(F)(F)F)c2Cl)c1=O. The van der Waals surface area contributed by atoms with Gasteiger partial charge in [0.15, 0.2) is 0 Å². The first-order chi connectivity index (χ1) is 16.9. The van der Waals surface area contributed by atoms with Crippen molar-refractivity contribution in [2.24, 2.45) is 0 Å². The summed E-state index contributed by atoms with van der Waals surface area (Å²) in [6.07, 6.45) is -4.75. The largest absolute Gasteiger partial charge is 0.462 e. The summed E-state index contributed by atoms with van der Waals surface area (Å²) in [5, 5.41) is -0.671. The number of nitrogens with zero attached hydrogens (tertiary/aromatic N) is 1. The molecule has 4 rings (SSSR count). The van der Waals surface area contributed by atoms with Crippen molar-refractivity contribution >= 4 is 28.6 Å². The lowest BCUT2D eigenvalue weighted by molar-refractivity contribution is -0.137. The van der Waals surface area contributed by atoms with Crippen LogP contribution in [0, 0.1) is 6.92 Å². The third-order valence-electron chi connectivity index (χ3n) is 5.51. The molecular weight excluding hydrogens is 505 g/mol. The van der Waals surface area contributed by atoms with Gasteiger partial charge in [-0.25, -0.2) is 14.4 Å². The number of carbonyl (C=O) groups excluding carboxylic acids is 1. The summed E-state index contributed by atoms with van der Waals surface area (Å²) in [6.45, 7) is 2.44. The Balaban J connectivity index is 1.94. The second-order valence-electron chi connectivity index (χ2n) is 7.86. The maximum absolute atomic E-state index is 13.4. The van der Waals surface area contributed by atoms with Crippen molar-refractivity contribution in [2.45, 2.75) is 26.6 Å². The first kappa shape index (κ1) is 25.0. The number of halogens is 4. The van der Waals surface area contributed by atoms with E-state index in [9.17, 15) is 32.3 Å². The Morgan fingerprint density at radius 3 is 2.39 bits per heavy atom. The van der Waals surface area contributed by atoms with Crippen LogP contribution in [-0.2, 0) is 17.5 Å². The van der Waals surface area contributed by atoms with Gasteiger partial charge in [0, 0.05) is 5.56 Å². The number of esters is 1. The van der Waals surface area contributed by atoms with E-state index in [0.29, 0.717) is 21.2 Å². The molecule has 0 bridgehead atoms. The number of aryl methyl sites for hydroxylation is 1. The van der Waals surface area contributed by atoms with Crippen LogP contribution in [0.25, 0.3) is 22.3 Å². The summed E-state index contributed by atoms with van der Waals surface area (Å²) >= 11 is 5.93. The number of hydrogen-bond donors (Lipinski definition) is 3. The van der Waals surface area contributed by atoms with Gasteiger partial charge in [-0.15, -0.1) is 0 Å². The third-order valence-corrected chi connectivity index (χ3v) is 5.95. The first-order valence-corrected chi connectivity index (χ1v) is 10.9. The van der Waals surface area contributed by atoms with Crippen LogP contribution >= 0.6 is 11.6 Å². The van der Waals surface area contributed by atoms with Crippen LogP contribution in [0.15, 0.2) is 44.7 Å². The van der Waals surface area contributed by atoms with E-state index in [1.54, 1.807) is 13.0 Å². The van der Waals surface area contributed by atoms with E-state index >= 15 is 0 Å². The zero-order valence-electron chi connectivity index (χ0n) is 18.8. The van der Waals surface area contributed by atoms with Crippen LogP contribution in [0.5, 0.6) is 0 Å². The summed E-state index contributed by atoms with van der Waals surface area (Å²) in [7, 11) is 0. The lowest BCUT2D eigenvalue weighted by Crippen LogP contribution is -2.40. The summed E-state index contributed by atoms with van der Waals surface area (Å²) in [5.74, 6) is -1.04. The van der Waals surface area contributed by atoms with Gasteiger partial charge in [-0.3, -0.25) is 9.36 Å². The average molecular weight is 523 g/mol. The molecule has 0 spiro atoms. The molecule has 2 heterocycles. The van der Waals surface area contributed by atoms with E-state index < -0.39 is 51.8 Å². The minimum atomic E-state index is -4.75. The Morgan fingerprint density at radius 1 is 1.08 bits per heavy atom. The molecule has 0 unspecified atom stereocenters. The summed E-state index contributed by atoms with van der Waals surface area (Å²) in [6, 6.07) is 6.17. The van der Waals surface area contributed by atoms with E-state index in [-0.39, 0.29) is 23.4 Å². The molecular formula is C23H18ClF3N4O5. The fourth-order valence-electron chi connectivity index (χ4n) is 3.86. The van der Waals surface area contributed by atoms with Gasteiger partial charge >= 0.3 is 23.5 Å². The molecule has 0 atom stereocenters. The predicted molar refractivity (Wildman–Crippen MR) is 125 cm³/mol. The molecule has 9 nitrogen and oxygen atoms in total. The van der Waals surface area contributed by atoms with Gasteiger partial charge in [0.2, 0.25) is 0 Å². The van der Waals surface area contributed by atoms with E-state index in [4.69, 9.17) is 16.3 Å². The number of benzene rings is 2. The Bertz CT molecular complexity index is 1680. The van der Waals surface area contributed by atoms with E-state index in [2.05, 4.69) is 15.0 Å². The van der Waals surface area contributed by atoms with Gasteiger partial charge in [0.05, 0.1) is 40.5 Å². The second kappa shape index (κ2) is 9.19. The normalized spacial score (nSPS) is 11.7. The second-order valence-corrected chi connectivity index (χ2v) is 8.24. The predicted octanol–water partition coefficient (Wildman–Crippen LogP) is 3.58. The highest BCUT2D eigenvalue weighted by molar-refractivity contribution is 6.32. The Morgan fingerprint density at radius 2 is 1.75 bits per heavy atom. The maximum Gasteiger partial charge on any atom is 0.417 e. The number of rotatable bonds is 5. The number of hydrogen-bond acceptors (Lipinski definition) is 5. The van der Waals surface area contributed by atoms with Crippen LogP contribution in [0.1, 0.15) is 34.0 Å². The van der Waals surface area contributed by atoms with Gasteiger partial charge in [-0.2, -0.15) is 13.2 Å². The molecule has 188 valence electrons. The molecule has 0 fully saturated rings. The molecule has 0 radical (unpaired) electrons. The van der Waals surface area contributed by atoms with Crippen molar-refractivity contribution in [3.8, 4) is 11.3 Å². The maximum atomic E-state index is 13.4. The van der Waals surface area contributed by atoms with Crippen LogP contribution in [-0.4, -0.2) is 32.1 Å². The molecule has 13 heteroatoms. The van der Waals surface area contributed by atoms with Crippen molar-refractivity contribution in [3.63, 3.8) is 0 Å². The van der Waals surface area contributed by atoms with Crippen molar-refractivity contribution in [3.05, 3.63) is 88.9 Å². The fraction of sp³-hybridized carbons (Fsp3) is 0.217. The van der Waals surface area contributed by atoms with Gasteiger partial charge in [-0.1, -0.05) is 23.7 Å². The number of nitrogens with one attached hydrogen (secondary N) is 3. The lowest BCUT2D eigenvalue weighted by atomic mass is 10.0. The first-order valence-electron chi connectivity index (χ1n) is 10.5. The number of ether oxygens (including phenoxy) is 1. The van der Waals surface area contributed by atoms with Crippen LogP contribution in [0.4, 0.5) is 13.2 Å². The Kier molecular flexibility index (Phi) is 6.39. The number of carbonyl (C=O) groups is 1. The molecule has 0 amide bonds. The quantitative estimate of drug-likeness (QED) is 0.345. The minimum absolute atomic E-state index is 0.0839. The molecule has 2 aromatic carbocycles. The van der Waals surface area contributed by atoms with Crippen molar-refractivity contribution in [1.82, 2.24) is 19.5 Å². The molecule has 0 saturated heterocycles. The average Bonchev–Trinajstić information content (AvgIpc) is 3.14. The molecule has 36 heavy (non-hydrogen) atoms. The Hall–Kier alpha value is -4.06. The van der Waals surface area contributed by atoms with E-state index in [1.807, 2.05) is 0 Å². The monoisotopic (exact) mass is 522 g/mol. The number of aromatic nitrogens is 4. The smallest absolute Gasteiger partial charge is 0.417 e. The molecule has 0 aliphatic heterocycles. The number of alkyl halides is 3. The lowest BCUT2D eigenvalue weighted by Gasteiger charge is -2.15. The Labute approximate surface area is 204 Å².